The maximum absolute atomic E-state index is 11.8. The van der Waals surface area contributed by atoms with Crippen molar-refractivity contribution in [3.63, 3.8) is 0 Å². The Kier molecular flexibility index (Phi) is 4.50. The van der Waals surface area contributed by atoms with Crippen LogP contribution >= 0.6 is 23.2 Å². The summed E-state index contributed by atoms with van der Waals surface area (Å²) in [7, 11) is 3.30. The lowest BCUT2D eigenvalue weighted by atomic mass is 10.2. The molecule has 0 fully saturated rings. The average Bonchev–Trinajstić information content (AvgIpc) is 2.44. The summed E-state index contributed by atoms with van der Waals surface area (Å²) < 4.78 is 6.69. The van der Waals surface area contributed by atoms with E-state index in [1.54, 1.807) is 14.1 Å². The summed E-state index contributed by atoms with van der Waals surface area (Å²) in [6.45, 7) is 5.67. The van der Waals surface area contributed by atoms with Gasteiger partial charge in [-0.05, 0) is 20.8 Å². The fourth-order valence-electron chi connectivity index (χ4n) is 1.26. The second-order valence-corrected chi connectivity index (χ2v) is 5.75. The number of carbonyl (C=O) groups is 1. The fraction of sp³-hybridized carbons (Fsp3) is 0.636. The Morgan fingerprint density at radius 3 is 2.39 bits per heavy atom. The van der Waals surface area contributed by atoms with Crippen LogP contribution in [0.1, 0.15) is 26.5 Å². The lowest BCUT2D eigenvalue weighted by Crippen LogP contribution is -2.34. The molecule has 1 heterocycles. The minimum Gasteiger partial charge on any atom is -0.444 e. The smallest absolute Gasteiger partial charge is 0.410 e. The second kappa shape index (κ2) is 5.36. The molecule has 0 aliphatic carbocycles. The van der Waals surface area contributed by atoms with Crippen molar-refractivity contribution in [2.45, 2.75) is 32.9 Å². The minimum absolute atomic E-state index is 0.244. The van der Waals surface area contributed by atoms with Crippen molar-refractivity contribution in [2.75, 3.05) is 7.05 Å². The van der Waals surface area contributed by atoms with Gasteiger partial charge in [-0.1, -0.05) is 23.2 Å². The third kappa shape index (κ3) is 3.78. The van der Waals surface area contributed by atoms with E-state index in [4.69, 9.17) is 27.9 Å². The fourth-order valence-corrected chi connectivity index (χ4v) is 1.63. The van der Waals surface area contributed by atoms with Gasteiger partial charge in [0.05, 0.1) is 6.54 Å². The van der Waals surface area contributed by atoms with E-state index in [-0.39, 0.29) is 6.54 Å². The zero-order valence-electron chi connectivity index (χ0n) is 11.1. The average molecular weight is 294 g/mol. The van der Waals surface area contributed by atoms with E-state index in [1.165, 1.54) is 9.58 Å². The van der Waals surface area contributed by atoms with Crippen LogP contribution in [0.3, 0.4) is 0 Å². The van der Waals surface area contributed by atoms with Crippen molar-refractivity contribution >= 4 is 29.3 Å². The summed E-state index contributed by atoms with van der Waals surface area (Å²) in [5, 5.41) is 4.84. The summed E-state index contributed by atoms with van der Waals surface area (Å²) in [5.74, 6) is 0. The molecule has 1 rings (SSSR count). The van der Waals surface area contributed by atoms with Crippen LogP contribution in [-0.4, -0.2) is 33.4 Å². The maximum Gasteiger partial charge on any atom is 0.410 e. The van der Waals surface area contributed by atoms with E-state index in [0.717, 1.165) is 0 Å². The van der Waals surface area contributed by atoms with E-state index in [2.05, 4.69) is 5.10 Å². The molecule has 1 aromatic rings. The first-order valence-electron chi connectivity index (χ1n) is 5.43. The highest BCUT2D eigenvalue weighted by atomic mass is 35.5. The van der Waals surface area contributed by atoms with Gasteiger partial charge in [-0.3, -0.25) is 4.68 Å². The Balaban J connectivity index is 2.73. The van der Waals surface area contributed by atoms with Gasteiger partial charge < -0.3 is 9.64 Å². The number of carbonyl (C=O) groups excluding carboxylic acids is 1. The number of hydrogen-bond acceptors (Lipinski definition) is 3. The van der Waals surface area contributed by atoms with Crippen LogP contribution < -0.4 is 0 Å². The Bertz CT molecular complexity index is 452. The number of aromatic nitrogens is 2. The normalized spacial score (nSPS) is 11.5. The monoisotopic (exact) mass is 293 g/mol. The molecule has 0 aromatic carbocycles. The van der Waals surface area contributed by atoms with Crippen molar-refractivity contribution in [2.24, 2.45) is 7.05 Å². The predicted molar refractivity (Wildman–Crippen MR) is 70.9 cm³/mol. The molecule has 0 aliphatic rings. The van der Waals surface area contributed by atoms with Gasteiger partial charge in [-0.2, -0.15) is 5.10 Å². The van der Waals surface area contributed by atoms with Gasteiger partial charge in [0.2, 0.25) is 0 Å². The number of rotatable bonds is 2. The molecule has 1 aromatic heterocycles. The molecule has 0 bridgehead atoms. The quantitative estimate of drug-likeness (QED) is 0.842. The summed E-state index contributed by atoms with van der Waals surface area (Å²) in [6.07, 6.45) is -0.430. The van der Waals surface area contributed by atoms with Gasteiger partial charge in [0.25, 0.3) is 0 Å². The Labute approximate surface area is 117 Å². The topological polar surface area (TPSA) is 47.4 Å². The van der Waals surface area contributed by atoms with Crippen molar-refractivity contribution in [1.29, 1.82) is 0 Å². The van der Waals surface area contributed by atoms with Crippen LogP contribution in [0, 0.1) is 0 Å². The molecule has 102 valence electrons. The first-order chi connectivity index (χ1) is 8.11. The number of aryl methyl sites for hydroxylation is 1. The van der Waals surface area contributed by atoms with Crippen molar-refractivity contribution < 1.29 is 9.53 Å². The maximum atomic E-state index is 11.8. The molecular formula is C11H17Cl2N3O2. The van der Waals surface area contributed by atoms with E-state index < -0.39 is 11.7 Å². The third-order valence-corrected chi connectivity index (χ3v) is 3.01. The first-order valence-corrected chi connectivity index (χ1v) is 6.18. The summed E-state index contributed by atoms with van der Waals surface area (Å²) in [5.41, 5.74) is 0.00852. The number of amides is 1. The van der Waals surface area contributed by atoms with Gasteiger partial charge in [-0.25, -0.2) is 4.79 Å². The number of halogens is 2. The Morgan fingerprint density at radius 2 is 2.00 bits per heavy atom. The molecular weight excluding hydrogens is 277 g/mol. The molecule has 0 unspecified atom stereocenters. The summed E-state index contributed by atoms with van der Waals surface area (Å²) >= 11 is 11.9. The van der Waals surface area contributed by atoms with Gasteiger partial charge in [-0.15, -0.1) is 0 Å². The van der Waals surface area contributed by atoms with Gasteiger partial charge >= 0.3 is 6.09 Å². The minimum atomic E-state index is -0.531. The molecule has 0 N–H and O–H groups in total. The largest absolute Gasteiger partial charge is 0.444 e. The number of ether oxygens (including phenoxy) is 1. The third-order valence-electron chi connectivity index (χ3n) is 2.08. The molecule has 0 spiro atoms. The highest BCUT2D eigenvalue weighted by molar-refractivity contribution is 6.41. The first kappa shape index (κ1) is 15.1. The second-order valence-electron chi connectivity index (χ2n) is 5.01. The molecule has 0 saturated heterocycles. The summed E-state index contributed by atoms with van der Waals surface area (Å²) in [4.78, 5) is 13.2. The van der Waals surface area contributed by atoms with E-state index in [9.17, 15) is 4.79 Å². The zero-order chi connectivity index (χ0) is 14.1. The Morgan fingerprint density at radius 1 is 1.44 bits per heavy atom. The molecule has 18 heavy (non-hydrogen) atoms. The van der Waals surface area contributed by atoms with Crippen LogP contribution in [-0.2, 0) is 18.3 Å². The highest BCUT2D eigenvalue weighted by Gasteiger charge is 2.22. The SMILES string of the molecule is CN(Cc1nn(C)c(Cl)c1Cl)C(=O)OC(C)(C)C. The number of hydrogen-bond donors (Lipinski definition) is 0. The van der Waals surface area contributed by atoms with Crippen molar-refractivity contribution in [1.82, 2.24) is 14.7 Å². The molecule has 0 radical (unpaired) electrons. The molecule has 0 aliphatic heterocycles. The van der Waals surface area contributed by atoms with Crippen molar-refractivity contribution in [3.8, 4) is 0 Å². The van der Waals surface area contributed by atoms with Gasteiger partial charge in [0.15, 0.2) is 0 Å². The predicted octanol–water partition coefficient (Wildman–Crippen LogP) is 3.09. The Hall–Kier alpha value is -0.940. The molecule has 5 nitrogen and oxygen atoms in total. The van der Waals surface area contributed by atoms with Crippen LogP contribution in [0.2, 0.25) is 10.2 Å². The molecule has 0 saturated carbocycles. The molecule has 1 amide bonds. The van der Waals surface area contributed by atoms with Gasteiger partial charge in [0, 0.05) is 14.1 Å². The van der Waals surface area contributed by atoms with Crippen LogP contribution in [0.5, 0.6) is 0 Å². The van der Waals surface area contributed by atoms with E-state index in [1.807, 2.05) is 20.8 Å². The van der Waals surface area contributed by atoms with Gasteiger partial charge in [0.1, 0.15) is 21.5 Å². The lowest BCUT2D eigenvalue weighted by molar-refractivity contribution is 0.0283. The number of nitrogens with zero attached hydrogens (tertiary/aromatic N) is 3. The lowest BCUT2D eigenvalue weighted by Gasteiger charge is -2.24. The standard InChI is InChI=1S/C11H17Cl2N3O2/c1-11(2,3)18-10(17)15(4)6-7-8(12)9(13)16(5)14-7/h6H2,1-5H3. The summed E-state index contributed by atoms with van der Waals surface area (Å²) in [6, 6.07) is 0. The molecule has 7 heteroatoms. The van der Waals surface area contributed by atoms with Crippen LogP contribution in [0.15, 0.2) is 0 Å². The van der Waals surface area contributed by atoms with Crippen LogP contribution in [0.25, 0.3) is 0 Å². The highest BCUT2D eigenvalue weighted by Crippen LogP contribution is 2.25. The van der Waals surface area contributed by atoms with E-state index >= 15 is 0 Å². The van der Waals surface area contributed by atoms with Crippen molar-refractivity contribution in [3.05, 3.63) is 15.9 Å². The van der Waals surface area contributed by atoms with E-state index in [0.29, 0.717) is 15.9 Å². The zero-order valence-corrected chi connectivity index (χ0v) is 12.6. The molecule has 0 atom stereocenters. The van der Waals surface area contributed by atoms with Crippen LogP contribution in [0.4, 0.5) is 4.79 Å².